The largest absolute Gasteiger partial charge is 0.459 e. The topological polar surface area (TPSA) is 35.5 Å². The van der Waals surface area contributed by atoms with E-state index in [4.69, 9.17) is 9.47 Å². The molecule has 1 aromatic rings. The molecule has 80 valence electrons. The molecular weight excluding hydrogens is 192 g/mol. The average Bonchev–Trinajstić information content (AvgIpc) is 2.80. The predicted octanol–water partition coefficient (Wildman–Crippen LogP) is 2.02. The van der Waals surface area contributed by atoms with Crippen molar-refractivity contribution in [1.82, 2.24) is 0 Å². The quantitative estimate of drug-likeness (QED) is 0.710. The summed E-state index contributed by atoms with van der Waals surface area (Å²) in [7, 11) is 0. The smallest absolute Gasteiger partial charge is 0.338 e. The lowest BCUT2D eigenvalue weighted by Gasteiger charge is -2.09. The summed E-state index contributed by atoms with van der Waals surface area (Å²) < 4.78 is 10.5. The van der Waals surface area contributed by atoms with Crippen LogP contribution in [0.25, 0.3) is 0 Å². The number of hydrogen-bond acceptors (Lipinski definition) is 3. The molecule has 1 aliphatic rings. The van der Waals surface area contributed by atoms with E-state index in [1.165, 1.54) is 0 Å². The van der Waals surface area contributed by atoms with E-state index in [2.05, 4.69) is 0 Å². The molecule has 15 heavy (non-hydrogen) atoms. The van der Waals surface area contributed by atoms with E-state index in [9.17, 15) is 4.79 Å². The molecule has 1 atom stereocenters. The summed E-state index contributed by atoms with van der Waals surface area (Å²) >= 11 is 0. The Labute approximate surface area is 89.0 Å². The molecule has 3 nitrogen and oxygen atoms in total. The van der Waals surface area contributed by atoms with Crippen LogP contribution in [0.2, 0.25) is 0 Å². The van der Waals surface area contributed by atoms with Gasteiger partial charge in [-0.25, -0.2) is 4.79 Å². The maximum atomic E-state index is 11.5. The van der Waals surface area contributed by atoms with Gasteiger partial charge in [0.15, 0.2) is 0 Å². The molecule has 3 heteroatoms. The number of carbonyl (C=O) groups is 1. The number of rotatable bonds is 3. The minimum Gasteiger partial charge on any atom is -0.459 e. The van der Waals surface area contributed by atoms with E-state index < -0.39 is 0 Å². The van der Waals surface area contributed by atoms with Crippen molar-refractivity contribution in [2.75, 3.05) is 13.2 Å². The second kappa shape index (κ2) is 4.94. The zero-order chi connectivity index (χ0) is 10.5. The minimum atomic E-state index is -0.272. The maximum absolute atomic E-state index is 11.5. The SMILES string of the molecule is O=C(OC[C@@H]1CCCO1)c1ccccc1. The third kappa shape index (κ3) is 2.80. The van der Waals surface area contributed by atoms with Crippen LogP contribution in [0.5, 0.6) is 0 Å². The van der Waals surface area contributed by atoms with E-state index in [0.717, 1.165) is 19.4 Å². The van der Waals surface area contributed by atoms with E-state index >= 15 is 0 Å². The summed E-state index contributed by atoms with van der Waals surface area (Å²) in [6.45, 7) is 1.15. The van der Waals surface area contributed by atoms with Crippen molar-refractivity contribution in [3.63, 3.8) is 0 Å². The summed E-state index contributed by atoms with van der Waals surface area (Å²) in [4.78, 5) is 11.5. The Bertz CT molecular complexity index is 315. The zero-order valence-corrected chi connectivity index (χ0v) is 8.52. The lowest BCUT2D eigenvalue weighted by Crippen LogP contribution is -2.17. The number of hydrogen-bond donors (Lipinski definition) is 0. The van der Waals surface area contributed by atoms with Crippen LogP contribution in [-0.2, 0) is 9.47 Å². The van der Waals surface area contributed by atoms with Gasteiger partial charge in [-0.2, -0.15) is 0 Å². The maximum Gasteiger partial charge on any atom is 0.338 e. The molecule has 0 aliphatic carbocycles. The fraction of sp³-hybridized carbons (Fsp3) is 0.417. The fourth-order valence-electron chi connectivity index (χ4n) is 1.60. The van der Waals surface area contributed by atoms with Gasteiger partial charge in [-0.1, -0.05) is 18.2 Å². The predicted molar refractivity (Wildman–Crippen MR) is 55.7 cm³/mol. The van der Waals surface area contributed by atoms with Crippen molar-refractivity contribution >= 4 is 5.97 Å². The van der Waals surface area contributed by atoms with Crippen molar-refractivity contribution in [3.05, 3.63) is 35.9 Å². The number of esters is 1. The first kappa shape index (κ1) is 10.2. The number of benzene rings is 1. The molecule has 0 radical (unpaired) electrons. The highest BCUT2D eigenvalue weighted by Gasteiger charge is 2.17. The van der Waals surface area contributed by atoms with Crippen molar-refractivity contribution in [1.29, 1.82) is 0 Å². The van der Waals surface area contributed by atoms with Crippen LogP contribution in [0, 0.1) is 0 Å². The molecule has 0 spiro atoms. The molecule has 0 N–H and O–H groups in total. The molecule has 0 aromatic heterocycles. The van der Waals surface area contributed by atoms with Crippen LogP contribution in [-0.4, -0.2) is 25.3 Å². The van der Waals surface area contributed by atoms with E-state index in [1.54, 1.807) is 12.1 Å². The highest BCUT2D eigenvalue weighted by atomic mass is 16.6. The van der Waals surface area contributed by atoms with E-state index in [1.807, 2.05) is 18.2 Å². The van der Waals surface area contributed by atoms with Crippen LogP contribution in [0.3, 0.4) is 0 Å². The molecule has 2 rings (SSSR count). The minimum absolute atomic E-state index is 0.0951. The third-order valence-electron chi connectivity index (χ3n) is 2.43. The lowest BCUT2D eigenvalue weighted by atomic mass is 10.2. The monoisotopic (exact) mass is 206 g/mol. The summed E-state index contributed by atoms with van der Waals surface area (Å²) in [6, 6.07) is 9.01. The van der Waals surface area contributed by atoms with Gasteiger partial charge in [0.1, 0.15) is 6.61 Å². The molecule has 0 amide bonds. The first-order valence-corrected chi connectivity index (χ1v) is 5.20. The summed E-state index contributed by atoms with van der Waals surface area (Å²) in [5.74, 6) is -0.272. The van der Waals surface area contributed by atoms with Gasteiger partial charge in [-0.3, -0.25) is 0 Å². The normalized spacial score (nSPS) is 20.1. The first-order valence-electron chi connectivity index (χ1n) is 5.20. The molecule has 0 bridgehead atoms. The fourth-order valence-corrected chi connectivity index (χ4v) is 1.60. The molecule has 1 heterocycles. The van der Waals surface area contributed by atoms with Gasteiger partial charge >= 0.3 is 5.97 Å². The zero-order valence-electron chi connectivity index (χ0n) is 8.52. The van der Waals surface area contributed by atoms with Crippen LogP contribution >= 0.6 is 0 Å². The second-order valence-electron chi connectivity index (χ2n) is 3.60. The van der Waals surface area contributed by atoms with Crippen molar-refractivity contribution in [2.45, 2.75) is 18.9 Å². The van der Waals surface area contributed by atoms with Gasteiger partial charge in [0.05, 0.1) is 11.7 Å². The van der Waals surface area contributed by atoms with Crippen molar-refractivity contribution in [2.24, 2.45) is 0 Å². The lowest BCUT2D eigenvalue weighted by molar-refractivity contribution is 0.0161. The Morgan fingerprint density at radius 3 is 2.87 bits per heavy atom. The van der Waals surface area contributed by atoms with Crippen LogP contribution in [0.15, 0.2) is 30.3 Å². The second-order valence-corrected chi connectivity index (χ2v) is 3.60. The summed E-state index contributed by atoms with van der Waals surface area (Å²) in [5, 5.41) is 0. The van der Waals surface area contributed by atoms with Gasteiger partial charge in [-0.15, -0.1) is 0 Å². The number of carbonyl (C=O) groups excluding carboxylic acids is 1. The van der Waals surface area contributed by atoms with E-state index in [0.29, 0.717) is 12.2 Å². The standard InChI is InChI=1S/C12H14O3/c13-12(10-5-2-1-3-6-10)15-9-11-7-4-8-14-11/h1-3,5-6,11H,4,7-9H2/t11-/m0/s1. The molecule has 1 fully saturated rings. The van der Waals surface area contributed by atoms with Gasteiger partial charge in [-0.05, 0) is 25.0 Å². The Kier molecular flexibility index (Phi) is 3.35. The highest BCUT2D eigenvalue weighted by Crippen LogP contribution is 2.12. The van der Waals surface area contributed by atoms with Crippen molar-refractivity contribution in [3.8, 4) is 0 Å². The molecular formula is C12H14O3. The molecule has 1 aliphatic heterocycles. The Hall–Kier alpha value is -1.35. The molecule has 0 saturated carbocycles. The van der Waals surface area contributed by atoms with Crippen LogP contribution in [0.4, 0.5) is 0 Å². The van der Waals surface area contributed by atoms with Crippen LogP contribution in [0.1, 0.15) is 23.2 Å². The van der Waals surface area contributed by atoms with Gasteiger partial charge in [0.25, 0.3) is 0 Å². The van der Waals surface area contributed by atoms with Gasteiger partial charge < -0.3 is 9.47 Å². The first-order chi connectivity index (χ1) is 7.36. The van der Waals surface area contributed by atoms with Crippen LogP contribution < -0.4 is 0 Å². The Morgan fingerprint density at radius 1 is 1.40 bits per heavy atom. The highest BCUT2D eigenvalue weighted by molar-refractivity contribution is 5.89. The molecule has 0 unspecified atom stereocenters. The molecule has 1 saturated heterocycles. The van der Waals surface area contributed by atoms with Crippen molar-refractivity contribution < 1.29 is 14.3 Å². The average molecular weight is 206 g/mol. The van der Waals surface area contributed by atoms with Gasteiger partial charge in [0.2, 0.25) is 0 Å². The van der Waals surface area contributed by atoms with Gasteiger partial charge in [0, 0.05) is 6.61 Å². The Morgan fingerprint density at radius 2 is 2.20 bits per heavy atom. The summed E-state index contributed by atoms with van der Waals surface area (Å²) in [5.41, 5.74) is 0.593. The third-order valence-corrected chi connectivity index (χ3v) is 2.43. The summed E-state index contributed by atoms with van der Waals surface area (Å²) in [6.07, 6.45) is 2.15. The Balaban J connectivity index is 1.82. The molecule has 1 aromatic carbocycles. The number of ether oxygens (including phenoxy) is 2. The van der Waals surface area contributed by atoms with E-state index in [-0.39, 0.29) is 12.1 Å².